The predicted molar refractivity (Wildman–Crippen MR) is 81.4 cm³/mol. The second-order valence-electron chi connectivity index (χ2n) is 5.23. The SMILES string of the molecule is CC(CSCc1ccc(Cl)cc1)(NC1CC1)C(N)=O. The van der Waals surface area contributed by atoms with Crippen LogP contribution in [0.4, 0.5) is 0 Å². The number of primary amides is 1. The average molecular weight is 299 g/mol. The lowest BCUT2D eigenvalue weighted by molar-refractivity contribution is -0.123. The number of halogens is 1. The van der Waals surface area contributed by atoms with E-state index in [0.717, 1.165) is 23.6 Å². The number of carbonyl (C=O) groups excluding carboxylic acids is 1. The van der Waals surface area contributed by atoms with Gasteiger partial charge >= 0.3 is 0 Å². The van der Waals surface area contributed by atoms with Crippen molar-refractivity contribution in [3.63, 3.8) is 0 Å². The number of carbonyl (C=O) groups is 1. The van der Waals surface area contributed by atoms with Crippen molar-refractivity contribution >= 4 is 29.3 Å². The number of benzene rings is 1. The quantitative estimate of drug-likeness (QED) is 0.813. The molecule has 1 aromatic carbocycles. The Bertz CT molecular complexity index is 447. The van der Waals surface area contributed by atoms with Crippen molar-refractivity contribution in [3.05, 3.63) is 34.9 Å². The van der Waals surface area contributed by atoms with Crippen molar-refractivity contribution in [2.24, 2.45) is 5.73 Å². The Morgan fingerprint density at radius 2 is 2.11 bits per heavy atom. The molecule has 1 atom stereocenters. The highest BCUT2D eigenvalue weighted by molar-refractivity contribution is 7.98. The minimum absolute atomic E-state index is 0.275. The number of hydrogen-bond donors (Lipinski definition) is 2. The molecule has 0 bridgehead atoms. The summed E-state index contributed by atoms with van der Waals surface area (Å²) >= 11 is 7.56. The third-order valence-electron chi connectivity index (χ3n) is 3.22. The maximum atomic E-state index is 11.6. The van der Waals surface area contributed by atoms with Crippen LogP contribution in [0.2, 0.25) is 5.02 Å². The summed E-state index contributed by atoms with van der Waals surface area (Å²) in [5.74, 6) is 1.26. The van der Waals surface area contributed by atoms with Gasteiger partial charge in [-0.1, -0.05) is 23.7 Å². The van der Waals surface area contributed by atoms with Gasteiger partial charge in [0.1, 0.15) is 5.54 Å². The Balaban J connectivity index is 1.84. The van der Waals surface area contributed by atoms with Gasteiger partial charge in [0.15, 0.2) is 0 Å². The Kier molecular flexibility index (Phi) is 4.76. The van der Waals surface area contributed by atoms with Crippen LogP contribution in [0, 0.1) is 0 Å². The third-order valence-corrected chi connectivity index (χ3v) is 4.79. The Labute approximate surface area is 123 Å². The average Bonchev–Trinajstić information content (AvgIpc) is 3.15. The van der Waals surface area contributed by atoms with Gasteiger partial charge in [-0.2, -0.15) is 11.8 Å². The van der Waals surface area contributed by atoms with Crippen LogP contribution in [0.25, 0.3) is 0 Å². The van der Waals surface area contributed by atoms with E-state index in [9.17, 15) is 4.79 Å². The molecule has 0 radical (unpaired) electrons. The van der Waals surface area contributed by atoms with E-state index in [1.165, 1.54) is 5.56 Å². The highest BCUT2D eigenvalue weighted by atomic mass is 35.5. The molecule has 104 valence electrons. The predicted octanol–water partition coefficient (Wildman–Crippen LogP) is 2.57. The Morgan fingerprint density at radius 1 is 1.47 bits per heavy atom. The highest BCUT2D eigenvalue weighted by Gasteiger charge is 2.36. The first-order valence-corrected chi connectivity index (χ1v) is 7.93. The van der Waals surface area contributed by atoms with E-state index in [2.05, 4.69) is 5.32 Å². The smallest absolute Gasteiger partial charge is 0.238 e. The lowest BCUT2D eigenvalue weighted by atomic mass is 10.1. The summed E-state index contributed by atoms with van der Waals surface area (Å²) in [6.07, 6.45) is 2.29. The van der Waals surface area contributed by atoms with Crippen LogP contribution in [0.15, 0.2) is 24.3 Å². The molecule has 1 aromatic rings. The summed E-state index contributed by atoms with van der Waals surface area (Å²) < 4.78 is 0. The number of rotatable bonds is 7. The maximum Gasteiger partial charge on any atom is 0.238 e. The molecular formula is C14H19ClN2OS. The van der Waals surface area contributed by atoms with Gasteiger partial charge in [-0.05, 0) is 37.5 Å². The van der Waals surface area contributed by atoms with Gasteiger partial charge < -0.3 is 11.1 Å². The van der Waals surface area contributed by atoms with Crippen LogP contribution < -0.4 is 11.1 Å². The highest BCUT2D eigenvalue weighted by Crippen LogP contribution is 2.25. The third kappa shape index (κ3) is 4.41. The fourth-order valence-electron chi connectivity index (χ4n) is 1.82. The first-order chi connectivity index (χ1) is 8.99. The molecule has 0 aliphatic heterocycles. The van der Waals surface area contributed by atoms with Gasteiger partial charge in [0.2, 0.25) is 5.91 Å². The normalized spacial score (nSPS) is 18.0. The molecule has 0 spiro atoms. The second kappa shape index (κ2) is 6.16. The standard InChI is InChI=1S/C14H19ClN2OS/c1-14(13(16)18,17-12-6-7-12)9-19-8-10-2-4-11(15)5-3-10/h2-5,12,17H,6-9H2,1H3,(H2,16,18). The van der Waals surface area contributed by atoms with Gasteiger partial charge in [0.05, 0.1) is 0 Å². The van der Waals surface area contributed by atoms with Crippen LogP contribution in [0.3, 0.4) is 0 Å². The molecule has 3 N–H and O–H groups in total. The molecule has 2 rings (SSSR count). The fraction of sp³-hybridized carbons (Fsp3) is 0.500. The van der Waals surface area contributed by atoms with Crippen LogP contribution >= 0.6 is 23.4 Å². The summed E-state index contributed by atoms with van der Waals surface area (Å²) in [6.45, 7) is 1.89. The summed E-state index contributed by atoms with van der Waals surface area (Å²) in [4.78, 5) is 11.6. The summed E-state index contributed by atoms with van der Waals surface area (Å²) in [6, 6.07) is 8.24. The zero-order chi connectivity index (χ0) is 13.9. The first kappa shape index (κ1) is 14.7. The zero-order valence-corrected chi connectivity index (χ0v) is 12.6. The fourth-order valence-corrected chi connectivity index (χ4v) is 3.11. The van der Waals surface area contributed by atoms with Crippen molar-refractivity contribution in [3.8, 4) is 0 Å². The second-order valence-corrected chi connectivity index (χ2v) is 6.66. The van der Waals surface area contributed by atoms with Crippen molar-refractivity contribution in [1.29, 1.82) is 0 Å². The first-order valence-electron chi connectivity index (χ1n) is 6.39. The van der Waals surface area contributed by atoms with Crippen molar-refractivity contribution in [1.82, 2.24) is 5.32 Å². The summed E-state index contributed by atoms with van der Waals surface area (Å²) in [5.41, 5.74) is 6.10. The molecule has 19 heavy (non-hydrogen) atoms. The van der Waals surface area contributed by atoms with Gasteiger partial charge in [0.25, 0.3) is 0 Å². The molecule has 3 nitrogen and oxygen atoms in total. The molecule has 1 aliphatic rings. The van der Waals surface area contributed by atoms with Gasteiger partial charge in [0, 0.05) is 22.6 Å². The van der Waals surface area contributed by atoms with Crippen LogP contribution in [0.1, 0.15) is 25.3 Å². The molecule has 1 aliphatic carbocycles. The number of thioether (sulfide) groups is 1. The Hall–Kier alpha value is -0.710. The van der Waals surface area contributed by atoms with E-state index in [-0.39, 0.29) is 5.91 Å². The molecule has 1 unspecified atom stereocenters. The molecule has 0 heterocycles. The number of hydrogen-bond acceptors (Lipinski definition) is 3. The maximum absolute atomic E-state index is 11.6. The summed E-state index contributed by atoms with van der Waals surface area (Å²) in [5, 5.41) is 4.09. The van der Waals surface area contributed by atoms with Crippen molar-refractivity contribution < 1.29 is 4.79 Å². The summed E-state index contributed by atoms with van der Waals surface area (Å²) in [7, 11) is 0. The molecule has 0 aromatic heterocycles. The molecular weight excluding hydrogens is 280 g/mol. The van der Waals surface area contributed by atoms with E-state index in [4.69, 9.17) is 17.3 Å². The number of amides is 1. The zero-order valence-electron chi connectivity index (χ0n) is 11.0. The van der Waals surface area contributed by atoms with E-state index < -0.39 is 5.54 Å². The van der Waals surface area contributed by atoms with Crippen LogP contribution in [0.5, 0.6) is 0 Å². The topological polar surface area (TPSA) is 55.1 Å². The molecule has 1 fully saturated rings. The number of nitrogens with one attached hydrogen (secondary N) is 1. The van der Waals surface area contributed by atoms with Gasteiger partial charge in [-0.3, -0.25) is 4.79 Å². The van der Waals surface area contributed by atoms with E-state index in [1.54, 1.807) is 11.8 Å². The molecule has 1 saturated carbocycles. The van der Waals surface area contributed by atoms with E-state index >= 15 is 0 Å². The molecule has 5 heteroatoms. The van der Waals surface area contributed by atoms with Crippen molar-refractivity contribution in [2.45, 2.75) is 37.1 Å². The van der Waals surface area contributed by atoms with Crippen LogP contribution in [-0.2, 0) is 10.5 Å². The molecule has 0 saturated heterocycles. The largest absolute Gasteiger partial charge is 0.368 e. The Morgan fingerprint density at radius 3 is 2.63 bits per heavy atom. The van der Waals surface area contributed by atoms with Crippen molar-refractivity contribution in [2.75, 3.05) is 5.75 Å². The molecule has 1 amide bonds. The minimum Gasteiger partial charge on any atom is -0.368 e. The minimum atomic E-state index is -0.613. The van der Waals surface area contributed by atoms with E-state index in [0.29, 0.717) is 11.8 Å². The monoisotopic (exact) mass is 298 g/mol. The van der Waals surface area contributed by atoms with Gasteiger partial charge in [-0.25, -0.2) is 0 Å². The van der Waals surface area contributed by atoms with E-state index in [1.807, 2.05) is 31.2 Å². The lowest BCUT2D eigenvalue weighted by Crippen LogP contribution is -2.56. The lowest BCUT2D eigenvalue weighted by Gasteiger charge is -2.27. The van der Waals surface area contributed by atoms with Gasteiger partial charge in [-0.15, -0.1) is 0 Å². The number of nitrogens with two attached hydrogens (primary N) is 1. The van der Waals surface area contributed by atoms with Crippen LogP contribution in [-0.4, -0.2) is 23.2 Å².